The van der Waals surface area contributed by atoms with Crippen molar-refractivity contribution in [2.45, 2.75) is 45.4 Å². The van der Waals surface area contributed by atoms with Crippen LogP contribution in [0.4, 0.5) is 0 Å². The quantitative estimate of drug-likeness (QED) is 0.470. The first-order chi connectivity index (χ1) is 10.7. The number of aliphatic hydroxyl groups is 1. The summed E-state index contributed by atoms with van der Waals surface area (Å²) in [4.78, 5) is 4.80. The molecule has 0 aromatic heterocycles. The molecule has 2 aliphatic carbocycles. The van der Waals surface area contributed by atoms with Crippen molar-refractivity contribution in [1.29, 1.82) is 0 Å². The predicted molar refractivity (Wildman–Crippen MR) is 87.9 cm³/mol. The Hall–Kier alpha value is -0.810. The van der Waals surface area contributed by atoms with Gasteiger partial charge in [0.1, 0.15) is 0 Å². The Bertz CT molecular complexity index is 397. The van der Waals surface area contributed by atoms with Gasteiger partial charge in [0.25, 0.3) is 0 Å². The molecule has 1 atom stereocenters. The number of hydrogen-bond donors (Lipinski definition) is 3. The summed E-state index contributed by atoms with van der Waals surface area (Å²) < 4.78 is 5.55. The second-order valence-corrected chi connectivity index (χ2v) is 7.46. The average Bonchev–Trinajstić information content (AvgIpc) is 3.42. The van der Waals surface area contributed by atoms with Gasteiger partial charge in [-0.3, -0.25) is 4.99 Å². The van der Waals surface area contributed by atoms with Crippen LogP contribution in [0.2, 0.25) is 0 Å². The van der Waals surface area contributed by atoms with E-state index in [1.165, 1.54) is 25.7 Å². The van der Waals surface area contributed by atoms with Crippen LogP contribution in [0.15, 0.2) is 4.99 Å². The zero-order valence-electron chi connectivity index (χ0n) is 13.9. The van der Waals surface area contributed by atoms with E-state index >= 15 is 0 Å². The maximum atomic E-state index is 9.31. The third kappa shape index (κ3) is 3.74. The molecule has 0 aromatic rings. The number of aliphatic hydroxyl groups excluding tert-OH is 1. The van der Waals surface area contributed by atoms with Crippen LogP contribution in [0.5, 0.6) is 0 Å². The molecule has 1 saturated heterocycles. The molecule has 5 heteroatoms. The van der Waals surface area contributed by atoms with Gasteiger partial charge in [0.2, 0.25) is 0 Å². The van der Waals surface area contributed by atoms with E-state index in [0.29, 0.717) is 5.41 Å². The van der Waals surface area contributed by atoms with Gasteiger partial charge in [-0.15, -0.1) is 0 Å². The van der Waals surface area contributed by atoms with E-state index in [-0.39, 0.29) is 12.0 Å². The lowest BCUT2D eigenvalue weighted by atomic mass is 9.84. The van der Waals surface area contributed by atoms with Crippen molar-refractivity contribution in [3.05, 3.63) is 0 Å². The van der Waals surface area contributed by atoms with E-state index in [1.54, 1.807) is 0 Å². The van der Waals surface area contributed by atoms with Crippen molar-refractivity contribution in [3.63, 3.8) is 0 Å². The lowest BCUT2D eigenvalue weighted by molar-refractivity contribution is 0.131. The Kier molecular flexibility index (Phi) is 4.93. The lowest BCUT2D eigenvalue weighted by Crippen LogP contribution is -2.41. The van der Waals surface area contributed by atoms with Crippen molar-refractivity contribution in [2.75, 3.05) is 39.5 Å². The molecule has 3 rings (SSSR count). The van der Waals surface area contributed by atoms with E-state index in [1.807, 2.05) is 0 Å². The highest BCUT2D eigenvalue weighted by Crippen LogP contribution is 2.60. The Morgan fingerprint density at radius 1 is 1.27 bits per heavy atom. The summed E-state index contributed by atoms with van der Waals surface area (Å²) >= 11 is 0. The number of nitrogens with one attached hydrogen (secondary N) is 2. The summed E-state index contributed by atoms with van der Waals surface area (Å²) in [6, 6.07) is 0. The molecule has 126 valence electrons. The van der Waals surface area contributed by atoms with Crippen molar-refractivity contribution in [1.82, 2.24) is 10.6 Å². The lowest BCUT2D eigenvalue weighted by Gasteiger charge is -2.25. The second kappa shape index (κ2) is 6.75. The Balaban J connectivity index is 1.54. The molecule has 0 bridgehead atoms. The molecule has 0 spiro atoms. The summed E-state index contributed by atoms with van der Waals surface area (Å²) in [5.74, 6) is 1.89. The molecule has 22 heavy (non-hydrogen) atoms. The summed E-state index contributed by atoms with van der Waals surface area (Å²) in [5.41, 5.74) is 0.611. The Morgan fingerprint density at radius 2 is 2.09 bits per heavy atom. The average molecular weight is 309 g/mol. The van der Waals surface area contributed by atoms with Crippen LogP contribution in [0.1, 0.15) is 45.4 Å². The molecule has 0 radical (unpaired) electrons. The van der Waals surface area contributed by atoms with Crippen LogP contribution in [0.25, 0.3) is 0 Å². The monoisotopic (exact) mass is 309 g/mol. The summed E-state index contributed by atoms with van der Waals surface area (Å²) in [6.07, 6.45) is 7.39. The summed E-state index contributed by atoms with van der Waals surface area (Å²) in [5, 5.41) is 16.2. The first kappa shape index (κ1) is 16.1. The summed E-state index contributed by atoms with van der Waals surface area (Å²) in [6.45, 7) is 6.52. The normalized spacial score (nSPS) is 30.4. The van der Waals surface area contributed by atoms with E-state index < -0.39 is 0 Å². The molecule has 1 heterocycles. The highest BCUT2D eigenvalue weighted by Gasteiger charge is 2.53. The van der Waals surface area contributed by atoms with Gasteiger partial charge in [-0.25, -0.2) is 0 Å². The van der Waals surface area contributed by atoms with Crippen LogP contribution >= 0.6 is 0 Å². The van der Waals surface area contributed by atoms with E-state index in [4.69, 9.17) is 9.73 Å². The van der Waals surface area contributed by atoms with Gasteiger partial charge in [-0.2, -0.15) is 0 Å². The Labute approximate surface area is 133 Å². The molecule has 0 aromatic carbocycles. The molecular formula is C17H31N3O2. The number of rotatable bonds is 8. The number of guanidine groups is 1. The van der Waals surface area contributed by atoms with Crippen molar-refractivity contribution in [2.24, 2.45) is 21.7 Å². The second-order valence-electron chi connectivity index (χ2n) is 7.46. The topological polar surface area (TPSA) is 65.9 Å². The van der Waals surface area contributed by atoms with Gasteiger partial charge in [0.05, 0.1) is 13.2 Å². The zero-order chi connectivity index (χ0) is 15.5. The van der Waals surface area contributed by atoms with Gasteiger partial charge in [0.15, 0.2) is 5.96 Å². The van der Waals surface area contributed by atoms with Crippen LogP contribution in [0.3, 0.4) is 0 Å². The van der Waals surface area contributed by atoms with Crippen molar-refractivity contribution in [3.8, 4) is 0 Å². The largest absolute Gasteiger partial charge is 0.396 e. The molecular weight excluding hydrogens is 278 g/mol. The number of ether oxygens (including phenoxy) is 1. The van der Waals surface area contributed by atoms with Crippen LogP contribution in [-0.2, 0) is 4.74 Å². The predicted octanol–water partition coefficient (Wildman–Crippen LogP) is 1.52. The minimum atomic E-state index is 0.0326. The SMILES string of the molecule is CCNC(=NCC1(CCO)CCOC1)NCC1(C2CC2)CC1. The molecule has 3 fully saturated rings. The fourth-order valence-corrected chi connectivity index (χ4v) is 3.72. The minimum absolute atomic E-state index is 0.0326. The standard InChI is InChI=1S/C17H31N3O2/c1-2-18-15(20-12-17(5-6-17)14-3-4-14)19-11-16(7-9-21)8-10-22-13-16/h14,21H,2-13H2,1H3,(H2,18,19,20). The van der Waals surface area contributed by atoms with Gasteiger partial charge in [-0.05, 0) is 56.8 Å². The van der Waals surface area contributed by atoms with E-state index in [0.717, 1.165) is 57.6 Å². The first-order valence-corrected chi connectivity index (χ1v) is 8.93. The summed E-state index contributed by atoms with van der Waals surface area (Å²) in [7, 11) is 0. The minimum Gasteiger partial charge on any atom is -0.396 e. The molecule has 1 unspecified atom stereocenters. The molecule has 3 N–H and O–H groups in total. The van der Waals surface area contributed by atoms with Crippen molar-refractivity contribution < 1.29 is 9.84 Å². The maximum absolute atomic E-state index is 9.31. The van der Waals surface area contributed by atoms with E-state index in [2.05, 4.69) is 17.6 Å². The number of hydrogen-bond acceptors (Lipinski definition) is 3. The number of nitrogens with zero attached hydrogens (tertiary/aromatic N) is 1. The molecule has 3 aliphatic rings. The zero-order valence-corrected chi connectivity index (χ0v) is 13.9. The fraction of sp³-hybridized carbons (Fsp3) is 0.941. The number of aliphatic imine (C=N–C) groups is 1. The Morgan fingerprint density at radius 3 is 2.64 bits per heavy atom. The highest BCUT2D eigenvalue weighted by atomic mass is 16.5. The maximum Gasteiger partial charge on any atom is 0.191 e. The van der Waals surface area contributed by atoms with Crippen LogP contribution in [-0.4, -0.2) is 50.5 Å². The first-order valence-electron chi connectivity index (χ1n) is 8.93. The van der Waals surface area contributed by atoms with Crippen LogP contribution in [0, 0.1) is 16.7 Å². The molecule has 1 aliphatic heterocycles. The third-order valence-corrected chi connectivity index (χ3v) is 5.69. The molecule has 5 nitrogen and oxygen atoms in total. The highest BCUT2D eigenvalue weighted by molar-refractivity contribution is 5.79. The molecule has 0 amide bonds. The molecule has 2 saturated carbocycles. The van der Waals surface area contributed by atoms with Crippen molar-refractivity contribution >= 4 is 5.96 Å². The van der Waals surface area contributed by atoms with Gasteiger partial charge < -0.3 is 20.5 Å². The smallest absolute Gasteiger partial charge is 0.191 e. The fourth-order valence-electron chi connectivity index (χ4n) is 3.72. The van der Waals surface area contributed by atoms with Gasteiger partial charge in [0, 0.05) is 31.7 Å². The van der Waals surface area contributed by atoms with Crippen LogP contribution < -0.4 is 10.6 Å². The van der Waals surface area contributed by atoms with E-state index in [9.17, 15) is 5.11 Å². The van der Waals surface area contributed by atoms with Gasteiger partial charge >= 0.3 is 0 Å². The van der Waals surface area contributed by atoms with Gasteiger partial charge in [-0.1, -0.05) is 0 Å². The third-order valence-electron chi connectivity index (χ3n) is 5.69.